The van der Waals surface area contributed by atoms with Crippen molar-refractivity contribution in [2.45, 2.75) is 31.2 Å². The highest BCUT2D eigenvalue weighted by Crippen LogP contribution is 2.26. The van der Waals surface area contributed by atoms with Crippen LogP contribution < -0.4 is 4.72 Å². The van der Waals surface area contributed by atoms with E-state index in [-0.39, 0.29) is 0 Å². The van der Waals surface area contributed by atoms with Crippen LogP contribution in [0.4, 0.5) is 0 Å². The van der Waals surface area contributed by atoms with Crippen molar-refractivity contribution in [3.05, 3.63) is 28.8 Å². The van der Waals surface area contributed by atoms with Gasteiger partial charge in [0.2, 0.25) is 0 Å². The SMILES string of the molecule is Cc1c(Cl)cccc1SNC(C)(C)C=O. The van der Waals surface area contributed by atoms with Crippen molar-refractivity contribution in [2.75, 3.05) is 0 Å². The Morgan fingerprint density at radius 1 is 1.47 bits per heavy atom. The molecule has 0 saturated carbocycles. The summed E-state index contributed by atoms with van der Waals surface area (Å²) in [5.41, 5.74) is 0.498. The summed E-state index contributed by atoms with van der Waals surface area (Å²) in [6, 6.07) is 5.72. The predicted molar refractivity (Wildman–Crippen MR) is 65.3 cm³/mol. The molecule has 0 aliphatic carbocycles. The number of aldehydes is 1. The van der Waals surface area contributed by atoms with Gasteiger partial charge in [-0.25, -0.2) is 4.72 Å². The molecule has 1 rings (SSSR count). The van der Waals surface area contributed by atoms with E-state index in [4.69, 9.17) is 11.6 Å². The minimum absolute atomic E-state index is 0.528. The Hall–Kier alpha value is -0.510. The lowest BCUT2D eigenvalue weighted by Crippen LogP contribution is -2.35. The summed E-state index contributed by atoms with van der Waals surface area (Å²) in [6.07, 6.45) is 0.889. The number of nitrogens with one attached hydrogen (secondary N) is 1. The van der Waals surface area contributed by atoms with Crippen molar-refractivity contribution in [3.63, 3.8) is 0 Å². The first kappa shape index (κ1) is 12.6. The molecular formula is C11H14ClNOS. The second-order valence-electron chi connectivity index (χ2n) is 3.91. The third-order valence-electron chi connectivity index (χ3n) is 1.94. The number of hydrogen-bond donors (Lipinski definition) is 1. The fraction of sp³-hybridized carbons (Fsp3) is 0.364. The smallest absolute Gasteiger partial charge is 0.140 e. The molecule has 1 aromatic carbocycles. The molecule has 1 N–H and O–H groups in total. The summed E-state index contributed by atoms with van der Waals surface area (Å²) >= 11 is 7.41. The summed E-state index contributed by atoms with van der Waals surface area (Å²) in [5.74, 6) is 0. The summed E-state index contributed by atoms with van der Waals surface area (Å²) in [5, 5.41) is 0.741. The molecule has 0 aromatic heterocycles. The Morgan fingerprint density at radius 3 is 2.73 bits per heavy atom. The molecule has 0 spiro atoms. The van der Waals surface area contributed by atoms with E-state index in [1.807, 2.05) is 39.0 Å². The van der Waals surface area contributed by atoms with Crippen LogP contribution in [0.25, 0.3) is 0 Å². The topological polar surface area (TPSA) is 29.1 Å². The first-order valence-corrected chi connectivity index (χ1v) is 5.81. The fourth-order valence-electron chi connectivity index (χ4n) is 0.909. The lowest BCUT2D eigenvalue weighted by molar-refractivity contribution is -0.111. The van der Waals surface area contributed by atoms with Crippen LogP contribution in [-0.4, -0.2) is 11.8 Å². The molecule has 0 unspecified atom stereocenters. The van der Waals surface area contributed by atoms with Gasteiger partial charge in [-0.2, -0.15) is 0 Å². The molecule has 0 bridgehead atoms. The molecule has 2 nitrogen and oxygen atoms in total. The van der Waals surface area contributed by atoms with Crippen molar-refractivity contribution in [2.24, 2.45) is 0 Å². The molecular weight excluding hydrogens is 230 g/mol. The summed E-state index contributed by atoms with van der Waals surface area (Å²) < 4.78 is 3.08. The Labute approximate surface area is 99.5 Å². The monoisotopic (exact) mass is 243 g/mol. The Kier molecular flexibility index (Phi) is 4.20. The fourth-order valence-corrected chi connectivity index (χ4v) is 1.97. The number of rotatable bonds is 4. The second-order valence-corrected chi connectivity index (χ2v) is 5.16. The Morgan fingerprint density at radius 2 is 2.13 bits per heavy atom. The molecule has 0 fully saturated rings. The van der Waals surface area contributed by atoms with Gasteiger partial charge in [0.05, 0.1) is 5.54 Å². The van der Waals surface area contributed by atoms with E-state index in [0.717, 1.165) is 21.8 Å². The van der Waals surface area contributed by atoms with Gasteiger partial charge in [0.15, 0.2) is 0 Å². The lowest BCUT2D eigenvalue weighted by atomic mass is 10.1. The third kappa shape index (κ3) is 3.52. The zero-order valence-corrected chi connectivity index (χ0v) is 10.6. The van der Waals surface area contributed by atoms with E-state index in [0.29, 0.717) is 0 Å². The van der Waals surface area contributed by atoms with Crippen LogP contribution in [0.3, 0.4) is 0 Å². The van der Waals surface area contributed by atoms with Crippen LogP contribution in [0.2, 0.25) is 5.02 Å². The van der Waals surface area contributed by atoms with Crippen LogP contribution >= 0.6 is 23.5 Å². The van der Waals surface area contributed by atoms with Crippen LogP contribution in [0.1, 0.15) is 19.4 Å². The van der Waals surface area contributed by atoms with Gasteiger partial charge in [-0.15, -0.1) is 0 Å². The van der Waals surface area contributed by atoms with Crippen molar-refractivity contribution >= 4 is 29.8 Å². The van der Waals surface area contributed by atoms with Gasteiger partial charge < -0.3 is 4.79 Å². The standard InChI is InChI=1S/C11H14ClNOS/c1-8-9(12)5-4-6-10(8)15-13-11(2,3)7-14/h4-7,13H,1-3H3. The third-order valence-corrected chi connectivity index (χ3v) is 3.64. The maximum absolute atomic E-state index is 10.7. The van der Waals surface area contributed by atoms with Gasteiger partial charge in [0.1, 0.15) is 6.29 Å². The van der Waals surface area contributed by atoms with E-state index in [1.165, 1.54) is 11.9 Å². The van der Waals surface area contributed by atoms with Gasteiger partial charge in [-0.05, 0) is 50.4 Å². The molecule has 4 heteroatoms. The number of hydrogen-bond acceptors (Lipinski definition) is 3. The molecule has 0 atom stereocenters. The number of halogens is 1. The average molecular weight is 244 g/mol. The number of benzene rings is 1. The molecule has 1 aromatic rings. The first-order valence-electron chi connectivity index (χ1n) is 4.62. The van der Waals surface area contributed by atoms with E-state index in [9.17, 15) is 4.79 Å². The lowest BCUT2D eigenvalue weighted by Gasteiger charge is -2.18. The van der Waals surface area contributed by atoms with Crippen LogP contribution in [0, 0.1) is 6.92 Å². The van der Waals surface area contributed by atoms with Crippen LogP contribution in [0.5, 0.6) is 0 Å². The highest BCUT2D eigenvalue weighted by atomic mass is 35.5. The molecule has 0 aliphatic rings. The van der Waals surface area contributed by atoms with E-state index < -0.39 is 5.54 Å². The van der Waals surface area contributed by atoms with Crippen molar-refractivity contribution in [3.8, 4) is 0 Å². The molecule has 0 heterocycles. The van der Waals surface area contributed by atoms with Gasteiger partial charge in [0.25, 0.3) is 0 Å². The van der Waals surface area contributed by atoms with Gasteiger partial charge >= 0.3 is 0 Å². The highest BCUT2D eigenvalue weighted by molar-refractivity contribution is 7.97. The average Bonchev–Trinajstić information content (AvgIpc) is 2.20. The number of carbonyl (C=O) groups is 1. The minimum atomic E-state index is -0.528. The maximum atomic E-state index is 10.7. The van der Waals surface area contributed by atoms with Crippen LogP contribution in [-0.2, 0) is 4.79 Å². The largest absolute Gasteiger partial charge is 0.301 e. The van der Waals surface area contributed by atoms with Gasteiger partial charge in [-0.1, -0.05) is 17.7 Å². The number of carbonyl (C=O) groups excluding carboxylic acids is 1. The molecule has 0 saturated heterocycles. The molecule has 0 amide bonds. The predicted octanol–water partition coefficient (Wildman–Crippen LogP) is 3.22. The van der Waals surface area contributed by atoms with E-state index in [2.05, 4.69) is 4.72 Å². The minimum Gasteiger partial charge on any atom is -0.301 e. The quantitative estimate of drug-likeness (QED) is 0.650. The van der Waals surface area contributed by atoms with Crippen LogP contribution in [0.15, 0.2) is 23.1 Å². The zero-order valence-electron chi connectivity index (χ0n) is 9.00. The highest BCUT2D eigenvalue weighted by Gasteiger charge is 2.16. The Balaban J connectivity index is 2.74. The van der Waals surface area contributed by atoms with Gasteiger partial charge in [-0.3, -0.25) is 0 Å². The first-order chi connectivity index (χ1) is 6.96. The van der Waals surface area contributed by atoms with Gasteiger partial charge in [0, 0.05) is 9.92 Å². The van der Waals surface area contributed by atoms with Crippen molar-refractivity contribution in [1.29, 1.82) is 0 Å². The summed E-state index contributed by atoms with van der Waals surface area (Å²) in [4.78, 5) is 11.7. The second kappa shape index (κ2) is 5.01. The molecule has 0 radical (unpaired) electrons. The zero-order chi connectivity index (χ0) is 11.5. The van der Waals surface area contributed by atoms with E-state index in [1.54, 1.807) is 0 Å². The van der Waals surface area contributed by atoms with E-state index >= 15 is 0 Å². The Bertz CT molecular complexity index is 366. The normalized spacial score (nSPS) is 11.5. The molecule has 0 aliphatic heterocycles. The summed E-state index contributed by atoms with van der Waals surface area (Å²) in [7, 11) is 0. The van der Waals surface area contributed by atoms with Crippen molar-refractivity contribution < 1.29 is 4.79 Å². The van der Waals surface area contributed by atoms with Crippen molar-refractivity contribution in [1.82, 2.24) is 4.72 Å². The summed E-state index contributed by atoms with van der Waals surface area (Å²) in [6.45, 7) is 5.61. The molecule has 15 heavy (non-hydrogen) atoms. The maximum Gasteiger partial charge on any atom is 0.140 e. The molecule has 82 valence electrons.